The molecule has 112 valence electrons. The largest absolute Gasteiger partial charge is 0.452 e. The van der Waals surface area contributed by atoms with Gasteiger partial charge in [-0.2, -0.15) is 5.26 Å². The Hall–Kier alpha value is -1.87. The maximum absolute atomic E-state index is 11.9. The Bertz CT molecular complexity index is 613. The van der Waals surface area contributed by atoms with Crippen molar-refractivity contribution in [1.82, 2.24) is 5.32 Å². The molecule has 1 aliphatic carbocycles. The summed E-state index contributed by atoms with van der Waals surface area (Å²) in [5.74, 6) is -0.745. The van der Waals surface area contributed by atoms with Crippen molar-refractivity contribution in [2.24, 2.45) is 5.92 Å². The topological polar surface area (TPSA) is 79.2 Å². The van der Waals surface area contributed by atoms with Gasteiger partial charge in [0.05, 0.1) is 11.6 Å². The molecule has 1 heterocycles. The number of thiophene rings is 1. The molecule has 0 bridgehead atoms. The van der Waals surface area contributed by atoms with Crippen molar-refractivity contribution < 1.29 is 14.3 Å². The van der Waals surface area contributed by atoms with Crippen molar-refractivity contribution in [3.63, 3.8) is 0 Å². The summed E-state index contributed by atoms with van der Waals surface area (Å²) in [5.41, 5.74) is -0.367. The van der Waals surface area contributed by atoms with Gasteiger partial charge < -0.3 is 10.1 Å². The Kier molecular flexibility index (Phi) is 4.33. The van der Waals surface area contributed by atoms with E-state index in [1.165, 1.54) is 11.3 Å². The molecule has 1 atom stereocenters. The highest BCUT2D eigenvalue weighted by Crippen LogP contribution is 2.39. The molecule has 1 aromatic rings. The fourth-order valence-corrected chi connectivity index (χ4v) is 3.16. The third-order valence-electron chi connectivity index (χ3n) is 3.62. The van der Waals surface area contributed by atoms with Crippen LogP contribution in [-0.4, -0.2) is 24.0 Å². The minimum atomic E-state index is -0.863. The first-order chi connectivity index (χ1) is 9.85. The van der Waals surface area contributed by atoms with Crippen LogP contribution in [0, 0.1) is 31.1 Å². The minimum Gasteiger partial charge on any atom is -0.452 e. The van der Waals surface area contributed by atoms with Gasteiger partial charge in [0.2, 0.25) is 0 Å². The Labute approximate surface area is 127 Å². The Morgan fingerprint density at radius 2 is 2.19 bits per heavy atom. The van der Waals surface area contributed by atoms with Crippen molar-refractivity contribution in [3.05, 3.63) is 21.4 Å². The Morgan fingerprint density at radius 3 is 2.67 bits per heavy atom. The van der Waals surface area contributed by atoms with Crippen molar-refractivity contribution >= 4 is 23.2 Å². The first kappa shape index (κ1) is 15.5. The van der Waals surface area contributed by atoms with Gasteiger partial charge in [-0.25, -0.2) is 4.79 Å². The van der Waals surface area contributed by atoms with Gasteiger partial charge in [-0.05, 0) is 45.6 Å². The molecule has 1 N–H and O–H groups in total. The van der Waals surface area contributed by atoms with E-state index in [0.29, 0.717) is 5.56 Å². The summed E-state index contributed by atoms with van der Waals surface area (Å²) in [4.78, 5) is 25.6. The van der Waals surface area contributed by atoms with Crippen LogP contribution >= 0.6 is 11.3 Å². The molecule has 5 nitrogen and oxygen atoms in total. The summed E-state index contributed by atoms with van der Waals surface area (Å²) < 4.78 is 5.02. The average molecular weight is 306 g/mol. The molecular formula is C15H18N2O3S. The molecule has 0 aliphatic heterocycles. The van der Waals surface area contributed by atoms with Crippen LogP contribution in [0.1, 0.15) is 39.9 Å². The highest BCUT2D eigenvalue weighted by atomic mass is 32.1. The minimum absolute atomic E-state index is 0.198. The first-order valence-electron chi connectivity index (χ1n) is 6.82. The summed E-state index contributed by atoms with van der Waals surface area (Å²) in [5, 5.41) is 11.8. The van der Waals surface area contributed by atoms with Crippen LogP contribution in [0.4, 0.5) is 0 Å². The summed E-state index contributed by atoms with van der Waals surface area (Å²) >= 11 is 1.51. The van der Waals surface area contributed by atoms with Gasteiger partial charge in [0.1, 0.15) is 5.54 Å². The molecule has 2 rings (SSSR count). The second-order valence-electron chi connectivity index (χ2n) is 5.54. The molecule has 6 heteroatoms. The van der Waals surface area contributed by atoms with E-state index in [4.69, 9.17) is 10.00 Å². The maximum atomic E-state index is 11.9. The van der Waals surface area contributed by atoms with Crippen LogP contribution in [0.25, 0.3) is 0 Å². The van der Waals surface area contributed by atoms with Crippen LogP contribution in [-0.2, 0) is 9.53 Å². The number of hydrogen-bond acceptors (Lipinski definition) is 5. The lowest BCUT2D eigenvalue weighted by atomic mass is 9.98. The molecule has 1 fully saturated rings. The van der Waals surface area contributed by atoms with Gasteiger partial charge in [-0.15, -0.1) is 11.3 Å². The fraction of sp³-hybridized carbons (Fsp3) is 0.533. The number of nitriles is 1. The van der Waals surface area contributed by atoms with Gasteiger partial charge in [0.15, 0.2) is 6.61 Å². The van der Waals surface area contributed by atoms with Crippen LogP contribution in [0.15, 0.2) is 6.07 Å². The number of carbonyl (C=O) groups is 2. The lowest BCUT2D eigenvalue weighted by molar-refractivity contribution is -0.125. The molecule has 0 unspecified atom stereocenters. The summed E-state index contributed by atoms with van der Waals surface area (Å²) in [7, 11) is 0. The van der Waals surface area contributed by atoms with Crippen molar-refractivity contribution in [2.45, 2.75) is 39.2 Å². The van der Waals surface area contributed by atoms with Crippen molar-refractivity contribution in [1.29, 1.82) is 5.26 Å². The van der Waals surface area contributed by atoms with Gasteiger partial charge in [-0.3, -0.25) is 4.79 Å². The number of carbonyl (C=O) groups excluding carboxylic acids is 2. The number of hydrogen-bond donors (Lipinski definition) is 1. The number of nitrogens with one attached hydrogen (secondary N) is 1. The third-order valence-corrected chi connectivity index (χ3v) is 4.59. The molecule has 0 spiro atoms. The molecule has 1 aromatic heterocycles. The average Bonchev–Trinajstić information content (AvgIpc) is 3.22. The van der Waals surface area contributed by atoms with Gasteiger partial charge in [0, 0.05) is 9.75 Å². The fourth-order valence-electron chi connectivity index (χ4n) is 2.25. The molecule has 1 aliphatic rings. The third kappa shape index (κ3) is 3.61. The van der Waals surface area contributed by atoms with Gasteiger partial charge in [0.25, 0.3) is 5.91 Å². The van der Waals surface area contributed by atoms with E-state index >= 15 is 0 Å². The van der Waals surface area contributed by atoms with E-state index in [1.807, 2.05) is 13.8 Å². The monoisotopic (exact) mass is 306 g/mol. The van der Waals surface area contributed by atoms with Crippen LogP contribution in [0.3, 0.4) is 0 Å². The molecular weight excluding hydrogens is 288 g/mol. The lowest BCUT2D eigenvalue weighted by Crippen LogP contribution is -2.48. The van der Waals surface area contributed by atoms with E-state index in [-0.39, 0.29) is 12.5 Å². The van der Waals surface area contributed by atoms with Crippen molar-refractivity contribution in [2.75, 3.05) is 6.61 Å². The van der Waals surface area contributed by atoms with Crippen LogP contribution in [0.2, 0.25) is 0 Å². The summed E-state index contributed by atoms with van der Waals surface area (Å²) in [6, 6.07) is 3.89. The van der Waals surface area contributed by atoms with E-state index in [2.05, 4.69) is 11.4 Å². The number of nitrogens with zero attached hydrogens (tertiary/aromatic N) is 1. The predicted molar refractivity (Wildman–Crippen MR) is 79.0 cm³/mol. The smallest absolute Gasteiger partial charge is 0.339 e. The molecule has 21 heavy (non-hydrogen) atoms. The van der Waals surface area contributed by atoms with Crippen LogP contribution < -0.4 is 5.32 Å². The predicted octanol–water partition coefficient (Wildman–Crippen LogP) is 2.33. The molecule has 1 amide bonds. The second-order valence-corrected chi connectivity index (χ2v) is 7.00. The number of rotatable bonds is 5. The van der Waals surface area contributed by atoms with Crippen LogP contribution in [0.5, 0.6) is 0 Å². The van der Waals surface area contributed by atoms with Gasteiger partial charge in [-0.1, -0.05) is 0 Å². The highest BCUT2D eigenvalue weighted by Gasteiger charge is 2.43. The maximum Gasteiger partial charge on any atom is 0.339 e. The molecule has 0 aromatic carbocycles. The first-order valence-corrected chi connectivity index (χ1v) is 7.64. The quantitative estimate of drug-likeness (QED) is 0.847. The van der Waals surface area contributed by atoms with Crippen molar-refractivity contribution in [3.8, 4) is 6.07 Å². The van der Waals surface area contributed by atoms with E-state index in [0.717, 1.165) is 22.6 Å². The zero-order valence-corrected chi connectivity index (χ0v) is 13.2. The lowest BCUT2D eigenvalue weighted by Gasteiger charge is -2.22. The number of ether oxygens (including phenoxy) is 1. The number of aryl methyl sites for hydroxylation is 2. The molecule has 0 saturated heterocycles. The van der Waals surface area contributed by atoms with Gasteiger partial charge >= 0.3 is 5.97 Å². The van der Waals surface area contributed by atoms with E-state index < -0.39 is 17.4 Å². The van der Waals surface area contributed by atoms with E-state index in [9.17, 15) is 9.59 Å². The molecule has 1 saturated carbocycles. The standard InChI is InChI=1S/C15H18N2O3S/c1-9-6-12(10(2)21-9)14(19)20-7-13(18)17-15(3,8-16)11-4-5-11/h6,11H,4-5,7H2,1-3H3,(H,17,18)/t15-/m1/s1. The normalized spacial score (nSPS) is 16.7. The highest BCUT2D eigenvalue weighted by molar-refractivity contribution is 7.12. The zero-order valence-electron chi connectivity index (χ0n) is 12.4. The molecule has 0 radical (unpaired) electrons. The summed E-state index contributed by atoms with van der Waals surface area (Å²) in [6.07, 6.45) is 1.88. The Morgan fingerprint density at radius 1 is 1.52 bits per heavy atom. The zero-order chi connectivity index (χ0) is 15.6. The Balaban J connectivity index is 1.88. The van der Waals surface area contributed by atoms with E-state index in [1.54, 1.807) is 13.0 Å². The second kappa shape index (κ2) is 5.86. The summed E-state index contributed by atoms with van der Waals surface area (Å²) in [6.45, 7) is 5.09. The number of esters is 1. The number of amides is 1. The SMILES string of the molecule is Cc1cc(C(=O)OCC(=O)N[C@](C)(C#N)C2CC2)c(C)s1.